The van der Waals surface area contributed by atoms with E-state index in [1.165, 1.54) is 23.8 Å². The number of furan rings is 1. The zero-order valence-electron chi connectivity index (χ0n) is 12.3. The smallest absolute Gasteiger partial charge is 0.137 e. The SMILES string of the molecule is CCCCC(NCCC)c1cc2cccc(C)c2o1. The van der Waals surface area contributed by atoms with Crippen molar-refractivity contribution in [2.75, 3.05) is 6.54 Å². The Hall–Kier alpha value is -1.28. The van der Waals surface area contributed by atoms with E-state index in [1.54, 1.807) is 0 Å². The molecule has 1 aromatic carbocycles. The Kier molecular flexibility index (Phi) is 5.03. The van der Waals surface area contributed by atoms with E-state index in [9.17, 15) is 0 Å². The largest absolute Gasteiger partial charge is 0.459 e. The molecule has 2 heteroatoms. The second-order valence-electron chi connectivity index (χ2n) is 5.29. The molecule has 0 spiro atoms. The Balaban J connectivity index is 2.24. The molecule has 0 amide bonds. The van der Waals surface area contributed by atoms with Gasteiger partial charge in [-0.2, -0.15) is 0 Å². The zero-order valence-corrected chi connectivity index (χ0v) is 12.3. The van der Waals surface area contributed by atoms with Gasteiger partial charge in [-0.3, -0.25) is 0 Å². The van der Waals surface area contributed by atoms with Crippen molar-refractivity contribution in [3.63, 3.8) is 0 Å². The third-order valence-corrected chi connectivity index (χ3v) is 3.59. The van der Waals surface area contributed by atoms with Crippen molar-refractivity contribution in [2.24, 2.45) is 0 Å². The first-order valence-corrected chi connectivity index (χ1v) is 7.48. The van der Waals surface area contributed by atoms with Gasteiger partial charge in [0.15, 0.2) is 0 Å². The summed E-state index contributed by atoms with van der Waals surface area (Å²) in [6.07, 6.45) is 4.76. The fourth-order valence-electron chi connectivity index (χ4n) is 2.47. The average Bonchev–Trinajstić information content (AvgIpc) is 2.84. The summed E-state index contributed by atoms with van der Waals surface area (Å²) in [6, 6.07) is 8.89. The molecule has 2 rings (SSSR count). The molecule has 104 valence electrons. The molecule has 0 aliphatic carbocycles. The Morgan fingerprint density at radius 1 is 1.21 bits per heavy atom. The van der Waals surface area contributed by atoms with E-state index in [4.69, 9.17) is 4.42 Å². The van der Waals surface area contributed by atoms with Crippen molar-refractivity contribution in [3.05, 3.63) is 35.6 Å². The number of rotatable bonds is 7. The number of nitrogens with one attached hydrogen (secondary N) is 1. The molecule has 0 bridgehead atoms. The lowest BCUT2D eigenvalue weighted by Crippen LogP contribution is -2.21. The Morgan fingerprint density at radius 3 is 2.74 bits per heavy atom. The summed E-state index contributed by atoms with van der Waals surface area (Å²) in [4.78, 5) is 0. The molecule has 0 aliphatic rings. The van der Waals surface area contributed by atoms with Crippen molar-refractivity contribution < 1.29 is 4.42 Å². The summed E-state index contributed by atoms with van der Waals surface area (Å²) in [7, 11) is 0. The van der Waals surface area contributed by atoms with E-state index in [2.05, 4.69) is 50.4 Å². The number of fused-ring (bicyclic) bond motifs is 1. The minimum absolute atomic E-state index is 0.353. The molecular weight excluding hydrogens is 234 g/mol. The maximum Gasteiger partial charge on any atom is 0.137 e. The second kappa shape index (κ2) is 6.76. The summed E-state index contributed by atoms with van der Waals surface area (Å²) < 4.78 is 6.09. The van der Waals surface area contributed by atoms with Crippen LogP contribution in [0.15, 0.2) is 28.7 Å². The molecule has 1 aromatic heterocycles. The van der Waals surface area contributed by atoms with Gasteiger partial charge in [0.1, 0.15) is 11.3 Å². The average molecular weight is 259 g/mol. The summed E-state index contributed by atoms with van der Waals surface area (Å²) in [5.41, 5.74) is 2.26. The van der Waals surface area contributed by atoms with Crippen molar-refractivity contribution in [2.45, 2.75) is 52.5 Å². The van der Waals surface area contributed by atoms with Gasteiger partial charge in [-0.15, -0.1) is 0 Å². The number of hydrogen-bond donors (Lipinski definition) is 1. The summed E-state index contributed by atoms with van der Waals surface area (Å²) >= 11 is 0. The van der Waals surface area contributed by atoms with Gasteiger partial charge in [-0.05, 0) is 37.9 Å². The van der Waals surface area contributed by atoms with Gasteiger partial charge in [0, 0.05) is 5.39 Å². The van der Waals surface area contributed by atoms with E-state index in [1.807, 2.05) is 0 Å². The maximum absolute atomic E-state index is 6.09. The molecule has 0 fully saturated rings. The first-order valence-electron chi connectivity index (χ1n) is 7.48. The lowest BCUT2D eigenvalue weighted by Gasteiger charge is -2.15. The van der Waals surface area contributed by atoms with Crippen molar-refractivity contribution in [3.8, 4) is 0 Å². The maximum atomic E-state index is 6.09. The quantitative estimate of drug-likeness (QED) is 0.759. The van der Waals surface area contributed by atoms with Gasteiger partial charge < -0.3 is 9.73 Å². The molecule has 1 atom stereocenters. The van der Waals surface area contributed by atoms with E-state index in [0.717, 1.165) is 30.7 Å². The molecule has 2 nitrogen and oxygen atoms in total. The van der Waals surface area contributed by atoms with Gasteiger partial charge in [0.25, 0.3) is 0 Å². The van der Waals surface area contributed by atoms with E-state index in [0.29, 0.717) is 6.04 Å². The molecule has 2 aromatic rings. The van der Waals surface area contributed by atoms with E-state index in [-0.39, 0.29) is 0 Å². The predicted molar refractivity (Wildman–Crippen MR) is 81.5 cm³/mol. The fourth-order valence-corrected chi connectivity index (χ4v) is 2.47. The topological polar surface area (TPSA) is 25.2 Å². The summed E-state index contributed by atoms with van der Waals surface area (Å²) in [5, 5.41) is 4.82. The third kappa shape index (κ3) is 3.38. The number of aryl methyl sites for hydroxylation is 1. The van der Waals surface area contributed by atoms with Crippen LogP contribution in [0.4, 0.5) is 0 Å². The highest BCUT2D eigenvalue weighted by Crippen LogP contribution is 2.28. The van der Waals surface area contributed by atoms with Crippen LogP contribution in [0.1, 0.15) is 56.9 Å². The number of para-hydroxylation sites is 1. The fraction of sp³-hybridized carbons (Fsp3) is 0.529. The molecule has 0 aliphatic heterocycles. The first kappa shape index (κ1) is 14.1. The van der Waals surface area contributed by atoms with E-state index >= 15 is 0 Å². The van der Waals surface area contributed by atoms with Gasteiger partial charge in [0.2, 0.25) is 0 Å². The normalized spacial score (nSPS) is 13.0. The Bertz CT molecular complexity index is 507. The van der Waals surface area contributed by atoms with Crippen LogP contribution in [0.2, 0.25) is 0 Å². The molecule has 0 saturated carbocycles. The van der Waals surface area contributed by atoms with Crippen LogP contribution in [0.25, 0.3) is 11.0 Å². The molecular formula is C17H25NO. The number of benzene rings is 1. The lowest BCUT2D eigenvalue weighted by atomic mass is 10.1. The molecule has 0 radical (unpaired) electrons. The van der Waals surface area contributed by atoms with Gasteiger partial charge in [-0.1, -0.05) is 44.9 Å². The second-order valence-corrected chi connectivity index (χ2v) is 5.29. The highest BCUT2D eigenvalue weighted by atomic mass is 16.3. The van der Waals surface area contributed by atoms with Crippen molar-refractivity contribution >= 4 is 11.0 Å². The van der Waals surface area contributed by atoms with Crippen LogP contribution >= 0.6 is 0 Å². The van der Waals surface area contributed by atoms with Crippen molar-refractivity contribution in [1.29, 1.82) is 0 Å². The van der Waals surface area contributed by atoms with Crippen LogP contribution in [0.3, 0.4) is 0 Å². The molecule has 19 heavy (non-hydrogen) atoms. The highest BCUT2D eigenvalue weighted by Gasteiger charge is 2.15. The van der Waals surface area contributed by atoms with Gasteiger partial charge >= 0.3 is 0 Å². The molecule has 1 unspecified atom stereocenters. The molecule has 1 heterocycles. The lowest BCUT2D eigenvalue weighted by molar-refractivity contribution is 0.401. The number of hydrogen-bond acceptors (Lipinski definition) is 2. The minimum atomic E-state index is 0.353. The van der Waals surface area contributed by atoms with Crippen LogP contribution in [0.5, 0.6) is 0 Å². The predicted octanol–water partition coefficient (Wildman–Crippen LogP) is 4.97. The standard InChI is InChI=1S/C17H25NO/c1-4-6-10-15(18-11-5-2)16-12-14-9-7-8-13(3)17(14)19-16/h7-9,12,15,18H,4-6,10-11H2,1-3H3. The first-order chi connectivity index (χ1) is 9.26. The Morgan fingerprint density at radius 2 is 2.05 bits per heavy atom. The summed E-state index contributed by atoms with van der Waals surface area (Å²) in [5.74, 6) is 1.09. The van der Waals surface area contributed by atoms with Crippen LogP contribution < -0.4 is 5.32 Å². The van der Waals surface area contributed by atoms with Crippen molar-refractivity contribution in [1.82, 2.24) is 5.32 Å². The van der Waals surface area contributed by atoms with Crippen LogP contribution in [-0.2, 0) is 0 Å². The van der Waals surface area contributed by atoms with E-state index < -0.39 is 0 Å². The monoisotopic (exact) mass is 259 g/mol. The van der Waals surface area contributed by atoms with Gasteiger partial charge in [0.05, 0.1) is 6.04 Å². The number of unbranched alkanes of at least 4 members (excludes halogenated alkanes) is 1. The highest BCUT2D eigenvalue weighted by molar-refractivity contribution is 5.80. The van der Waals surface area contributed by atoms with Crippen LogP contribution in [-0.4, -0.2) is 6.54 Å². The molecule has 0 saturated heterocycles. The Labute approximate surface area is 116 Å². The summed E-state index contributed by atoms with van der Waals surface area (Å²) in [6.45, 7) is 7.59. The zero-order chi connectivity index (χ0) is 13.7. The van der Waals surface area contributed by atoms with Gasteiger partial charge in [-0.25, -0.2) is 0 Å². The minimum Gasteiger partial charge on any atom is -0.459 e. The van der Waals surface area contributed by atoms with Crippen LogP contribution in [0, 0.1) is 6.92 Å². The third-order valence-electron chi connectivity index (χ3n) is 3.59. The molecule has 1 N–H and O–H groups in total.